The van der Waals surface area contributed by atoms with Crippen LogP contribution in [0.2, 0.25) is 0 Å². The van der Waals surface area contributed by atoms with Gasteiger partial charge in [0.15, 0.2) is 11.5 Å². The summed E-state index contributed by atoms with van der Waals surface area (Å²) in [6.07, 6.45) is 8.38. The van der Waals surface area contributed by atoms with Crippen LogP contribution in [-0.2, 0) is 9.59 Å². The van der Waals surface area contributed by atoms with E-state index in [1.54, 1.807) is 13.0 Å². The fourth-order valence-electron chi connectivity index (χ4n) is 4.22. The monoisotopic (exact) mass is 440 g/mol. The van der Waals surface area contributed by atoms with Crippen LogP contribution in [0.3, 0.4) is 0 Å². The third-order valence-corrected chi connectivity index (χ3v) is 6.04. The summed E-state index contributed by atoms with van der Waals surface area (Å²) in [4.78, 5) is 27.1. The van der Waals surface area contributed by atoms with Crippen LogP contribution in [0.4, 0.5) is 0 Å². The van der Waals surface area contributed by atoms with Crippen LogP contribution in [0, 0.1) is 11.3 Å². The normalized spacial score (nSPS) is 22.2. The van der Waals surface area contributed by atoms with Crippen molar-refractivity contribution >= 4 is 17.8 Å². The number of phenols is 1. The molecule has 1 aromatic carbocycles. The molecule has 0 aromatic heterocycles. The summed E-state index contributed by atoms with van der Waals surface area (Å²) < 4.78 is 5.74. The van der Waals surface area contributed by atoms with Gasteiger partial charge in [0.2, 0.25) is 5.91 Å². The molecule has 166 valence electrons. The number of carbonyl (C=O) groups excluding carboxylic acids is 2. The minimum atomic E-state index is -1.15. The number of phenolic OH excluding ortho intramolecular Hbond substituents is 1. The van der Waals surface area contributed by atoms with Crippen molar-refractivity contribution in [2.45, 2.75) is 78.2 Å². The van der Waals surface area contributed by atoms with E-state index in [0.717, 1.165) is 25.7 Å². The number of aromatic hydroxyl groups is 1. The van der Waals surface area contributed by atoms with E-state index in [9.17, 15) is 19.8 Å². The van der Waals surface area contributed by atoms with E-state index in [1.165, 1.54) is 19.3 Å². The molecule has 1 aliphatic heterocycles. The summed E-state index contributed by atoms with van der Waals surface area (Å²) >= 11 is 0. The second-order valence-corrected chi connectivity index (χ2v) is 8.04. The van der Waals surface area contributed by atoms with E-state index in [-0.39, 0.29) is 41.2 Å². The molecular weight excluding hydrogens is 407 g/mol. The number of aliphatic imine (C=N–C) groups is 1. The van der Waals surface area contributed by atoms with Crippen LogP contribution in [-0.4, -0.2) is 29.0 Å². The van der Waals surface area contributed by atoms with Crippen molar-refractivity contribution in [2.75, 3.05) is 0 Å². The standard InChI is InChI=1S/C12H16O2.C11H18N2O3.Na/c13-11-8-4-5-9-12(11)14-10-6-2-1-3-7-10;1-4-6-7(3)11(5-2)8(14)12-10(16)13-9(11)15;/h4-5,8-10,13H,1-3,6-7H2;7H,4-6H2,1-3H3,(H2,12,13,14,15,16);/q;;+1/p-1. The van der Waals surface area contributed by atoms with Gasteiger partial charge in [0.1, 0.15) is 5.41 Å². The van der Waals surface area contributed by atoms with Gasteiger partial charge in [0, 0.05) is 0 Å². The van der Waals surface area contributed by atoms with E-state index in [4.69, 9.17) is 4.74 Å². The first kappa shape index (κ1) is 27.5. The number of benzene rings is 1. The molecule has 7 nitrogen and oxygen atoms in total. The van der Waals surface area contributed by atoms with E-state index in [1.807, 2.05) is 32.0 Å². The third kappa shape index (κ3) is 6.96. The molecule has 0 bridgehead atoms. The average Bonchev–Trinajstić information content (AvgIpc) is 2.71. The number of nitrogens with zero attached hydrogens (tertiary/aromatic N) is 1. The third-order valence-electron chi connectivity index (χ3n) is 6.04. The summed E-state index contributed by atoms with van der Waals surface area (Å²) in [5.41, 5.74) is -1.15. The average molecular weight is 441 g/mol. The van der Waals surface area contributed by atoms with E-state index in [0.29, 0.717) is 18.3 Å². The number of hydrogen-bond donors (Lipinski definition) is 2. The van der Waals surface area contributed by atoms with Crippen LogP contribution >= 0.6 is 0 Å². The molecule has 2 aliphatic rings. The maximum absolute atomic E-state index is 11.9. The van der Waals surface area contributed by atoms with Crippen LogP contribution in [0.25, 0.3) is 0 Å². The van der Waals surface area contributed by atoms with E-state index >= 15 is 0 Å². The summed E-state index contributed by atoms with van der Waals surface area (Å²) in [5.74, 6) is -0.324. The predicted molar refractivity (Wildman–Crippen MR) is 113 cm³/mol. The summed E-state index contributed by atoms with van der Waals surface area (Å²) in [5, 5.41) is 22.6. The van der Waals surface area contributed by atoms with Crippen molar-refractivity contribution in [3.63, 3.8) is 0 Å². The second kappa shape index (κ2) is 13.1. The Labute approximate surface area is 207 Å². The van der Waals surface area contributed by atoms with Gasteiger partial charge in [-0.05, 0) is 56.6 Å². The van der Waals surface area contributed by atoms with Gasteiger partial charge in [0.05, 0.1) is 12.1 Å². The zero-order chi connectivity index (χ0) is 22.1. The van der Waals surface area contributed by atoms with Crippen LogP contribution in [0.15, 0.2) is 29.3 Å². The number of rotatable bonds is 6. The van der Waals surface area contributed by atoms with Crippen LogP contribution in [0.1, 0.15) is 72.1 Å². The molecular formula is C23H33N2NaO5. The van der Waals surface area contributed by atoms with Crippen molar-refractivity contribution in [3.8, 4) is 11.5 Å². The molecule has 2 unspecified atom stereocenters. The molecule has 0 saturated heterocycles. The van der Waals surface area contributed by atoms with Crippen molar-refractivity contribution in [1.29, 1.82) is 0 Å². The first-order valence-electron chi connectivity index (χ1n) is 10.9. The number of amides is 2. The first-order valence-corrected chi connectivity index (χ1v) is 10.9. The molecule has 1 heterocycles. The maximum Gasteiger partial charge on any atom is 1.00 e. The Morgan fingerprint density at radius 2 is 1.87 bits per heavy atom. The Hall–Kier alpha value is -1.57. The van der Waals surface area contributed by atoms with Crippen LogP contribution < -0.4 is 44.7 Å². The van der Waals surface area contributed by atoms with Crippen molar-refractivity contribution in [1.82, 2.24) is 5.32 Å². The number of hydrogen-bond acceptors (Lipinski definition) is 5. The molecule has 1 aromatic rings. The molecule has 1 fully saturated rings. The zero-order valence-electron chi connectivity index (χ0n) is 19.1. The second-order valence-electron chi connectivity index (χ2n) is 8.04. The Morgan fingerprint density at radius 1 is 1.23 bits per heavy atom. The quantitative estimate of drug-likeness (QED) is 0.488. The smallest absolute Gasteiger partial charge is 0.846 e. The topological polar surface area (TPSA) is 111 Å². The van der Waals surface area contributed by atoms with Gasteiger partial charge in [0.25, 0.3) is 5.91 Å². The molecule has 0 spiro atoms. The number of carbonyl (C=O) groups is 2. The van der Waals surface area contributed by atoms with Crippen LogP contribution in [0.5, 0.6) is 11.5 Å². The van der Waals surface area contributed by atoms with Gasteiger partial charge in [-0.2, -0.15) is 0 Å². The fraction of sp³-hybridized carbons (Fsp3) is 0.609. The summed E-state index contributed by atoms with van der Waals surface area (Å²) in [6, 6.07) is 6.34. The van der Waals surface area contributed by atoms with Gasteiger partial charge in [-0.15, -0.1) is 0 Å². The number of ether oxygens (including phenoxy) is 1. The molecule has 2 atom stereocenters. The molecule has 1 saturated carbocycles. The Bertz CT molecular complexity index is 764. The predicted octanol–water partition coefficient (Wildman–Crippen LogP) is 0.299. The zero-order valence-corrected chi connectivity index (χ0v) is 21.1. The van der Waals surface area contributed by atoms with Crippen molar-refractivity contribution < 1.29 is 54.1 Å². The number of amidine groups is 1. The van der Waals surface area contributed by atoms with Gasteiger partial charge in [-0.25, -0.2) is 4.99 Å². The Balaban J connectivity index is 0.000000302. The molecule has 2 amide bonds. The summed E-state index contributed by atoms with van der Waals surface area (Å²) in [6.45, 7) is 5.62. The minimum Gasteiger partial charge on any atom is -0.846 e. The van der Waals surface area contributed by atoms with E-state index < -0.39 is 23.3 Å². The van der Waals surface area contributed by atoms with Gasteiger partial charge < -0.3 is 20.3 Å². The molecule has 3 rings (SSSR count). The first-order chi connectivity index (χ1) is 14.3. The fourth-order valence-corrected chi connectivity index (χ4v) is 4.22. The Morgan fingerprint density at radius 3 is 2.42 bits per heavy atom. The van der Waals surface area contributed by atoms with Gasteiger partial charge in [-0.3, -0.25) is 9.59 Å². The maximum atomic E-state index is 11.9. The molecule has 0 radical (unpaired) electrons. The van der Waals surface area contributed by atoms with E-state index in [2.05, 4.69) is 10.3 Å². The molecule has 2 N–H and O–H groups in total. The minimum absolute atomic E-state index is 0. The summed E-state index contributed by atoms with van der Waals surface area (Å²) in [7, 11) is 0. The van der Waals surface area contributed by atoms with Gasteiger partial charge >= 0.3 is 29.6 Å². The molecule has 8 heteroatoms. The Kier molecular flexibility index (Phi) is 11.6. The largest absolute Gasteiger partial charge is 1.00 e. The van der Waals surface area contributed by atoms with Gasteiger partial charge in [-0.1, -0.05) is 45.7 Å². The molecule has 1 aliphatic carbocycles. The van der Waals surface area contributed by atoms with Crippen molar-refractivity contribution in [3.05, 3.63) is 24.3 Å². The molecule has 31 heavy (non-hydrogen) atoms. The number of para-hydroxylation sites is 2. The van der Waals surface area contributed by atoms with Crippen molar-refractivity contribution in [2.24, 2.45) is 16.3 Å². The number of nitrogens with one attached hydrogen (secondary N) is 1. The SMILES string of the molecule is CCCC(C)C1(CC)C(=O)N=C([O-])NC1=O.Oc1ccccc1OC1CCCCC1.[Na+].